The molecule has 6 rings (SSSR count). The number of rotatable bonds is 2. The molecule has 1 fully saturated rings. The lowest BCUT2D eigenvalue weighted by atomic mass is 9.99. The Morgan fingerprint density at radius 1 is 1.05 bits per heavy atom. The molecule has 3 aromatic rings. The van der Waals surface area contributed by atoms with Gasteiger partial charge in [0.2, 0.25) is 0 Å². The molecule has 0 radical (unpaired) electrons. The van der Waals surface area contributed by atoms with E-state index in [2.05, 4.69) is 10.6 Å². The fourth-order valence-electron chi connectivity index (χ4n) is 5.64. The molecule has 4 bridgehead atoms. The van der Waals surface area contributed by atoms with Gasteiger partial charge < -0.3 is 34.5 Å². The second kappa shape index (κ2) is 12.2. The summed E-state index contributed by atoms with van der Waals surface area (Å²) in [5, 5.41) is 5.72. The van der Waals surface area contributed by atoms with Gasteiger partial charge in [0.25, 0.3) is 17.7 Å². The number of carbonyl (C=O) groups excluding carboxylic acids is 3. The zero-order valence-electron chi connectivity index (χ0n) is 23.7. The lowest BCUT2D eigenvalue weighted by molar-refractivity contribution is -0.125. The first-order chi connectivity index (χ1) is 20.9. The van der Waals surface area contributed by atoms with E-state index >= 15 is 0 Å². The van der Waals surface area contributed by atoms with Gasteiger partial charge in [0, 0.05) is 43.2 Å². The summed E-state index contributed by atoms with van der Waals surface area (Å²) in [5.74, 6) is 0.0971. The number of nitrogens with one attached hydrogen (secondary N) is 2. The van der Waals surface area contributed by atoms with Gasteiger partial charge in [0.05, 0.1) is 19.8 Å². The van der Waals surface area contributed by atoms with Gasteiger partial charge in [-0.1, -0.05) is 0 Å². The first-order valence-electron chi connectivity index (χ1n) is 14.3. The SMILES string of the molecule is COc1ccc2cc1OCC(=O)N[C@@H]1CN(C(=O)c3ccc4c(c3)CCCO4)CC[C@@H]1Oc1cc(F)cc(c1)CNC2=O. The molecule has 3 amide bonds. The number of piperidine rings is 1. The highest BCUT2D eigenvalue weighted by molar-refractivity contribution is 5.95. The standard InChI is InChI=1S/C32H32FN3O7/c1-40-28-7-4-21-14-29(28)42-18-30(37)35-25-17-36(32(39)22-5-6-26-20(13-22)3-2-10-41-26)9-8-27(25)43-24-12-19(11-23(33)15-24)16-34-31(21)38/h4-7,11-15,25,27H,2-3,8-10,16-18H2,1H3,(H,34,38)(H,35,37)/t25-,27+/m1/s1. The van der Waals surface area contributed by atoms with Gasteiger partial charge in [0.1, 0.15) is 23.4 Å². The van der Waals surface area contributed by atoms with E-state index < -0.39 is 29.8 Å². The predicted octanol–water partition coefficient (Wildman–Crippen LogP) is 3.26. The van der Waals surface area contributed by atoms with E-state index in [1.54, 1.807) is 29.2 Å². The Balaban J connectivity index is 1.27. The number of nitrogens with zero attached hydrogens (tertiary/aromatic N) is 1. The predicted molar refractivity (Wildman–Crippen MR) is 153 cm³/mol. The lowest BCUT2D eigenvalue weighted by Crippen LogP contribution is -2.58. The van der Waals surface area contributed by atoms with Crippen LogP contribution < -0.4 is 29.6 Å². The van der Waals surface area contributed by atoms with Gasteiger partial charge in [-0.2, -0.15) is 0 Å². The molecule has 43 heavy (non-hydrogen) atoms. The van der Waals surface area contributed by atoms with Crippen LogP contribution in [-0.2, 0) is 17.8 Å². The normalized spacial score (nSPS) is 20.2. The number of ether oxygens (including phenoxy) is 4. The number of methoxy groups -OCH3 is 1. The van der Waals surface area contributed by atoms with Crippen LogP contribution >= 0.6 is 0 Å². The summed E-state index contributed by atoms with van der Waals surface area (Å²) in [6.07, 6.45) is 1.58. The van der Waals surface area contributed by atoms with E-state index in [0.29, 0.717) is 36.4 Å². The van der Waals surface area contributed by atoms with Crippen molar-refractivity contribution in [3.05, 3.63) is 82.7 Å². The van der Waals surface area contributed by atoms with Gasteiger partial charge in [0.15, 0.2) is 18.1 Å². The number of hydrogen-bond donors (Lipinski definition) is 2. The summed E-state index contributed by atoms with van der Waals surface area (Å²) in [5.41, 5.74) is 2.34. The summed E-state index contributed by atoms with van der Waals surface area (Å²) in [6.45, 7) is 0.919. The number of amides is 3. The minimum Gasteiger partial charge on any atom is -0.493 e. The summed E-state index contributed by atoms with van der Waals surface area (Å²) in [7, 11) is 1.46. The Morgan fingerprint density at radius 3 is 2.79 bits per heavy atom. The molecule has 2 N–H and O–H groups in total. The molecule has 3 aromatic carbocycles. The number of hydrogen-bond acceptors (Lipinski definition) is 7. The second-order valence-electron chi connectivity index (χ2n) is 10.8. The molecule has 224 valence electrons. The molecular formula is C32H32FN3O7. The van der Waals surface area contributed by atoms with E-state index in [4.69, 9.17) is 18.9 Å². The van der Waals surface area contributed by atoms with E-state index in [1.807, 2.05) is 12.1 Å². The number of fused-ring (bicyclic) bond motifs is 6. The Morgan fingerprint density at radius 2 is 1.93 bits per heavy atom. The highest BCUT2D eigenvalue weighted by Crippen LogP contribution is 2.30. The third-order valence-electron chi connectivity index (χ3n) is 7.79. The van der Waals surface area contributed by atoms with Crippen LogP contribution in [0.1, 0.15) is 44.7 Å². The summed E-state index contributed by atoms with van der Waals surface area (Å²) in [4.78, 5) is 41.2. The fourth-order valence-corrected chi connectivity index (χ4v) is 5.64. The van der Waals surface area contributed by atoms with Crippen molar-refractivity contribution in [1.82, 2.24) is 15.5 Å². The molecule has 3 aliphatic rings. The quantitative estimate of drug-likeness (QED) is 0.472. The van der Waals surface area contributed by atoms with Gasteiger partial charge in [-0.15, -0.1) is 0 Å². The Hall–Kier alpha value is -4.80. The van der Waals surface area contributed by atoms with Crippen LogP contribution in [0.25, 0.3) is 0 Å². The van der Waals surface area contributed by atoms with Crippen LogP contribution in [0.4, 0.5) is 4.39 Å². The van der Waals surface area contributed by atoms with Crippen LogP contribution in [-0.4, -0.2) is 68.2 Å². The van der Waals surface area contributed by atoms with Gasteiger partial charge in [-0.3, -0.25) is 14.4 Å². The molecule has 0 aliphatic carbocycles. The zero-order chi connectivity index (χ0) is 29.9. The van der Waals surface area contributed by atoms with Crippen LogP contribution in [0.5, 0.6) is 23.0 Å². The maximum Gasteiger partial charge on any atom is 0.258 e. The number of halogens is 1. The lowest BCUT2D eigenvalue weighted by Gasteiger charge is -2.39. The largest absolute Gasteiger partial charge is 0.493 e. The molecule has 3 heterocycles. The first-order valence-corrected chi connectivity index (χ1v) is 14.3. The third-order valence-corrected chi connectivity index (χ3v) is 7.79. The van der Waals surface area contributed by atoms with Crippen molar-refractivity contribution >= 4 is 17.7 Å². The molecule has 2 atom stereocenters. The zero-order valence-corrected chi connectivity index (χ0v) is 23.7. The Labute approximate surface area is 248 Å². The Bertz CT molecular complexity index is 1560. The number of aryl methyl sites for hydroxylation is 1. The van der Waals surface area contributed by atoms with Crippen LogP contribution in [0.3, 0.4) is 0 Å². The van der Waals surface area contributed by atoms with Crippen molar-refractivity contribution in [2.24, 2.45) is 0 Å². The average Bonchev–Trinajstić information content (AvgIpc) is 3.02. The monoisotopic (exact) mass is 589 g/mol. The molecular weight excluding hydrogens is 557 g/mol. The van der Waals surface area contributed by atoms with Crippen molar-refractivity contribution < 1.29 is 37.7 Å². The highest BCUT2D eigenvalue weighted by atomic mass is 19.1. The maximum absolute atomic E-state index is 14.6. The topological polar surface area (TPSA) is 115 Å². The van der Waals surface area contributed by atoms with E-state index in [-0.39, 0.29) is 42.7 Å². The van der Waals surface area contributed by atoms with Crippen molar-refractivity contribution in [1.29, 1.82) is 0 Å². The smallest absolute Gasteiger partial charge is 0.258 e. The van der Waals surface area contributed by atoms with Crippen molar-refractivity contribution in [2.75, 3.05) is 33.4 Å². The van der Waals surface area contributed by atoms with Crippen molar-refractivity contribution in [2.45, 2.75) is 38.0 Å². The molecule has 0 saturated carbocycles. The molecule has 3 aliphatic heterocycles. The first kappa shape index (κ1) is 28.3. The molecule has 11 heteroatoms. The number of benzene rings is 3. The molecule has 0 spiro atoms. The highest BCUT2D eigenvalue weighted by Gasteiger charge is 2.35. The van der Waals surface area contributed by atoms with E-state index in [0.717, 1.165) is 24.2 Å². The molecule has 10 nitrogen and oxygen atoms in total. The van der Waals surface area contributed by atoms with Gasteiger partial charge >= 0.3 is 0 Å². The van der Waals surface area contributed by atoms with Crippen LogP contribution in [0.2, 0.25) is 0 Å². The second-order valence-corrected chi connectivity index (χ2v) is 10.8. The minimum absolute atomic E-state index is 0.0636. The molecule has 1 saturated heterocycles. The number of likely N-dealkylation sites (tertiary alicyclic amines) is 1. The average molecular weight is 590 g/mol. The number of carbonyl (C=O) groups is 3. The summed E-state index contributed by atoms with van der Waals surface area (Å²) >= 11 is 0. The van der Waals surface area contributed by atoms with Crippen molar-refractivity contribution in [3.8, 4) is 23.0 Å². The van der Waals surface area contributed by atoms with Gasteiger partial charge in [-0.25, -0.2) is 4.39 Å². The van der Waals surface area contributed by atoms with Crippen LogP contribution in [0, 0.1) is 5.82 Å². The van der Waals surface area contributed by atoms with E-state index in [9.17, 15) is 18.8 Å². The van der Waals surface area contributed by atoms with Crippen LogP contribution in [0.15, 0.2) is 54.6 Å². The minimum atomic E-state index is -0.609. The third kappa shape index (κ3) is 6.35. The molecule has 0 aromatic heterocycles. The van der Waals surface area contributed by atoms with Crippen molar-refractivity contribution in [3.63, 3.8) is 0 Å². The van der Waals surface area contributed by atoms with Gasteiger partial charge in [-0.05, 0) is 72.5 Å². The Kier molecular flexibility index (Phi) is 8.04. The summed E-state index contributed by atoms with van der Waals surface area (Å²) < 4.78 is 37.6. The van der Waals surface area contributed by atoms with E-state index in [1.165, 1.54) is 25.3 Å². The summed E-state index contributed by atoms with van der Waals surface area (Å²) in [6, 6.07) is 13.7. The fraction of sp³-hybridized carbons (Fsp3) is 0.344. The molecule has 0 unspecified atom stereocenters. The maximum atomic E-state index is 14.6.